The number of Topliss-reactive ketones (excluding diaryl/α,β-unsaturated/α-hetero) is 1. The lowest BCUT2D eigenvalue weighted by Crippen LogP contribution is -2.58. The quantitative estimate of drug-likeness (QED) is 0.109. The van der Waals surface area contributed by atoms with E-state index >= 15 is 0 Å². The predicted molar refractivity (Wildman–Crippen MR) is 241 cm³/mol. The van der Waals surface area contributed by atoms with Crippen LogP contribution in [0.4, 0.5) is 0 Å². The van der Waals surface area contributed by atoms with Crippen LogP contribution in [-0.2, 0) is 47.7 Å². The van der Waals surface area contributed by atoms with Crippen molar-refractivity contribution in [1.29, 1.82) is 0 Å². The van der Waals surface area contributed by atoms with E-state index in [1.54, 1.807) is 6.92 Å². The highest BCUT2D eigenvalue weighted by Crippen LogP contribution is 2.61. The number of carboxylic acid groups (broad SMARTS) is 1. The fourth-order valence-corrected chi connectivity index (χ4v) is 14.7. The third-order valence-corrected chi connectivity index (χ3v) is 17.7. The summed E-state index contributed by atoms with van der Waals surface area (Å²) in [6, 6.07) is 0. The molecule has 65 heavy (non-hydrogen) atoms. The molecule has 10 saturated carbocycles. The average molecular weight is 901 g/mol. The Morgan fingerprint density at radius 3 is 1.26 bits per heavy atom. The van der Waals surface area contributed by atoms with Gasteiger partial charge >= 0.3 is 29.8 Å². The number of ether oxygens (including phenoxy) is 4. The molecule has 13 aliphatic carbocycles. The Labute approximate surface area is 384 Å². The van der Waals surface area contributed by atoms with Gasteiger partial charge in [0.15, 0.2) is 0 Å². The SMILES string of the molecule is C1=CCC=C1.CC1(O)C2CC3CC(C2)CC1C3.COC(=O)/C=C/C(=O)O.COC(=O)C1C2C=CC(C2)C1C(=O)OC1(C)C2CC3CC(C2)CC1C3.COC(=O)C1C2C=CC(C2)C1C(C)=O. The van der Waals surface area contributed by atoms with Crippen molar-refractivity contribution in [1.82, 2.24) is 0 Å². The molecule has 0 amide bonds. The molecule has 13 aliphatic rings. The maximum atomic E-state index is 13.2. The lowest BCUT2D eigenvalue weighted by atomic mass is 9.50. The number of hydrogen-bond donors (Lipinski definition) is 2. The van der Waals surface area contributed by atoms with Crippen LogP contribution in [0.2, 0.25) is 0 Å². The molecule has 12 nitrogen and oxygen atoms in total. The van der Waals surface area contributed by atoms with Crippen LogP contribution in [0.25, 0.3) is 0 Å². The number of allylic oxidation sites excluding steroid dienone is 8. The molecular weight excluding hydrogens is 829 g/mol. The molecule has 10 fully saturated rings. The largest absolute Gasteiger partial charge is 0.478 e. The van der Waals surface area contributed by atoms with Gasteiger partial charge in [0.05, 0.1) is 44.7 Å². The zero-order valence-electron chi connectivity index (χ0n) is 39.2. The second-order valence-corrected chi connectivity index (χ2v) is 21.4. The Balaban J connectivity index is 0.000000134. The van der Waals surface area contributed by atoms with E-state index in [1.165, 1.54) is 85.5 Å². The third kappa shape index (κ3) is 10.3. The number of aliphatic hydroxyl groups is 1. The minimum atomic E-state index is -1.17. The van der Waals surface area contributed by atoms with Gasteiger partial charge in [-0.05, 0) is 175 Å². The number of fused-ring (bicyclic) bond motifs is 4. The summed E-state index contributed by atoms with van der Waals surface area (Å²) in [4.78, 5) is 68.3. The summed E-state index contributed by atoms with van der Waals surface area (Å²) in [6.07, 6.45) is 34.2. The van der Waals surface area contributed by atoms with Crippen LogP contribution >= 0.6 is 0 Å². The van der Waals surface area contributed by atoms with E-state index in [4.69, 9.17) is 19.3 Å². The van der Waals surface area contributed by atoms with Crippen LogP contribution in [0.15, 0.2) is 60.8 Å². The van der Waals surface area contributed by atoms with Gasteiger partial charge in [0.1, 0.15) is 11.4 Å². The second kappa shape index (κ2) is 20.3. The molecule has 12 heteroatoms. The van der Waals surface area contributed by atoms with Crippen molar-refractivity contribution in [2.45, 2.75) is 115 Å². The van der Waals surface area contributed by atoms with Gasteiger partial charge in [-0.15, -0.1) is 0 Å². The lowest BCUT2D eigenvalue weighted by molar-refractivity contribution is -0.209. The summed E-state index contributed by atoms with van der Waals surface area (Å²) < 4.78 is 20.1. The number of methoxy groups -OCH3 is 3. The normalized spacial score (nSPS) is 42.4. The highest BCUT2D eigenvalue weighted by atomic mass is 16.6. The molecule has 8 atom stereocenters. The topological polar surface area (TPSA) is 180 Å². The Kier molecular flexibility index (Phi) is 15.2. The van der Waals surface area contributed by atoms with Crippen LogP contribution in [0.3, 0.4) is 0 Å². The Morgan fingerprint density at radius 1 is 0.523 bits per heavy atom. The zero-order valence-corrected chi connectivity index (χ0v) is 39.2. The number of hydrogen-bond acceptors (Lipinski definition) is 11. The first-order valence-corrected chi connectivity index (χ1v) is 24.3. The Morgan fingerprint density at radius 2 is 0.908 bits per heavy atom. The molecule has 0 radical (unpaired) electrons. The second-order valence-electron chi connectivity index (χ2n) is 21.4. The van der Waals surface area contributed by atoms with Crippen molar-refractivity contribution in [2.24, 2.45) is 94.7 Å². The van der Waals surface area contributed by atoms with E-state index in [-0.39, 0.29) is 82.2 Å². The fourth-order valence-electron chi connectivity index (χ4n) is 14.7. The van der Waals surface area contributed by atoms with Crippen LogP contribution in [0, 0.1) is 94.7 Å². The minimum absolute atomic E-state index is 0.109. The number of esters is 4. The van der Waals surface area contributed by atoms with Crippen LogP contribution in [0.1, 0.15) is 104 Å². The number of carbonyl (C=O) groups is 6. The van der Waals surface area contributed by atoms with Gasteiger partial charge < -0.3 is 29.2 Å². The van der Waals surface area contributed by atoms with Crippen molar-refractivity contribution in [2.75, 3.05) is 21.3 Å². The summed E-state index contributed by atoms with van der Waals surface area (Å²) in [7, 11) is 3.98. The summed E-state index contributed by atoms with van der Waals surface area (Å²) in [5.41, 5.74) is -0.621. The van der Waals surface area contributed by atoms with Gasteiger partial charge in [-0.1, -0.05) is 48.6 Å². The molecular formula is C53H72O12. The lowest BCUT2D eigenvalue weighted by Gasteiger charge is -2.59. The average Bonchev–Trinajstić information content (AvgIpc) is 4.15. The first kappa shape index (κ1) is 48.6. The van der Waals surface area contributed by atoms with Gasteiger partial charge in [0.2, 0.25) is 0 Å². The molecule has 0 aromatic heterocycles. The van der Waals surface area contributed by atoms with E-state index in [0.29, 0.717) is 29.7 Å². The summed E-state index contributed by atoms with van der Waals surface area (Å²) in [5, 5.41) is 18.3. The smallest absolute Gasteiger partial charge is 0.330 e. The maximum absolute atomic E-state index is 13.2. The van der Waals surface area contributed by atoms with Gasteiger partial charge in [-0.2, -0.15) is 0 Å². The number of carboxylic acids is 1. The number of aliphatic carboxylic acids is 1. The molecule has 0 saturated heterocycles. The summed E-state index contributed by atoms with van der Waals surface area (Å²) in [5.74, 6) is 3.30. The van der Waals surface area contributed by atoms with E-state index in [9.17, 15) is 33.9 Å². The van der Waals surface area contributed by atoms with Gasteiger partial charge in [0, 0.05) is 18.1 Å². The van der Waals surface area contributed by atoms with E-state index < -0.39 is 11.9 Å². The van der Waals surface area contributed by atoms with Crippen LogP contribution in [0.5, 0.6) is 0 Å². The molecule has 0 aromatic rings. The van der Waals surface area contributed by atoms with Crippen molar-refractivity contribution in [3.63, 3.8) is 0 Å². The summed E-state index contributed by atoms with van der Waals surface area (Å²) in [6.45, 7) is 5.82. The molecule has 13 rings (SSSR count). The van der Waals surface area contributed by atoms with Crippen molar-refractivity contribution < 1.29 is 57.9 Å². The molecule has 0 heterocycles. The number of carbonyl (C=O) groups excluding carboxylic acids is 5. The number of rotatable bonds is 7. The first-order chi connectivity index (χ1) is 31.0. The molecule has 8 unspecified atom stereocenters. The van der Waals surface area contributed by atoms with Crippen LogP contribution in [-0.4, -0.2) is 78.4 Å². The van der Waals surface area contributed by atoms with Crippen molar-refractivity contribution in [3.05, 3.63) is 60.8 Å². The molecule has 0 aliphatic heterocycles. The number of ketones is 1. The van der Waals surface area contributed by atoms with Gasteiger partial charge in [-0.3, -0.25) is 19.2 Å². The fraction of sp³-hybridized carbons (Fsp3) is 0.698. The van der Waals surface area contributed by atoms with E-state index in [2.05, 4.69) is 61.1 Å². The summed E-state index contributed by atoms with van der Waals surface area (Å²) >= 11 is 0. The minimum Gasteiger partial charge on any atom is -0.478 e. The predicted octanol–water partition coefficient (Wildman–Crippen LogP) is 8.04. The van der Waals surface area contributed by atoms with Crippen molar-refractivity contribution >= 4 is 35.6 Å². The highest BCUT2D eigenvalue weighted by molar-refractivity contribution is 5.90. The zero-order chi connectivity index (χ0) is 46.8. The first-order valence-electron chi connectivity index (χ1n) is 24.3. The van der Waals surface area contributed by atoms with Crippen LogP contribution < -0.4 is 0 Å². The molecule has 12 bridgehead atoms. The third-order valence-electron chi connectivity index (χ3n) is 17.7. The monoisotopic (exact) mass is 901 g/mol. The molecule has 0 spiro atoms. The van der Waals surface area contributed by atoms with E-state index in [1.807, 2.05) is 6.08 Å². The molecule has 356 valence electrons. The Bertz CT molecular complexity index is 1880. The van der Waals surface area contributed by atoms with Crippen molar-refractivity contribution in [3.8, 4) is 0 Å². The van der Waals surface area contributed by atoms with Gasteiger partial charge in [-0.25, -0.2) is 9.59 Å². The van der Waals surface area contributed by atoms with E-state index in [0.717, 1.165) is 49.0 Å². The molecule has 0 aromatic carbocycles. The van der Waals surface area contributed by atoms with Gasteiger partial charge in [0.25, 0.3) is 0 Å². The standard InChI is InChI=1S/C21H28O4.C11H14O3.C11H18O.C5H6O4.C5H6/c1-21(15-6-11-5-12(8-15)9-16(21)7-11)25-20(23)18-14-4-3-13(10-14)17(18)19(22)24-2;1-6(12)9-7-3-4-8(5-7)10(9)11(13)14-2;1-11(12)9-3-7-2-8(5-9)6-10(11)4-7;1-9-5(8)3-2-4(6)7;1-2-4-5-3-1/h3-4,11-18H,5-10H2,1-2H3;3-4,7-10H,5H2,1-2H3;7-10,12H,2-6H2,1H3;2-3H,1H3,(H,6,7);1-4H,5H2/b;;;3-2+;. The Hall–Kier alpha value is -4.32. The molecule has 2 N–H and O–H groups in total. The highest BCUT2D eigenvalue weighted by Gasteiger charge is 2.60. The maximum Gasteiger partial charge on any atom is 0.330 e.